The van der Waals surface area contributed by atoms with E-state index in [0.29, 0.717) is 33.0 Å². The molecule has 0 saturated carbocycles. The van der Waals surface area contributed by atoms with Crippen molar-refractivity contribution in [2.24, 2.45) is 0 Å². The standard InChI is InChI=1S/C20H23Cl2N3O2S/c1-3-25(4-2)11-12-27-19(26)14-5-8-16(9-6-14)23-20(28)24-18-10-7-15(21)13-17(18)22/h5-10,13H,3-4,11-12H2,1-2H3,(H2,23,24,28). The average Bonchev–Trinajstić information content (AvgIpc) is 2.68. The van der Waals surface area contributed by atoms with Crippen molar-refractivity contribution in [2.75, 3.05) is 36.9 Å². The molecule has 0 amide bonds. The molecule has 0 aliphatic rings. The van der Waals surface area contributed by atoms with Crippen molar-refractivity contribution < 1.29 is 9.53 Å². The summed E-state index contributed by atoms with van der Waals surface area (Å²) in [7, 11) is 0. The van der Waals surface area contributed by atoms with Gasteiger partial charge in [-0.3, -0.25) is 0 Å². The third-order valence-corrected chi connectivity index (χ3v) is 4.84. The zero-order chi connectivity index (χ0) is 20.5. The van der Waals surface area contributed by atoms with Crippen LogP contribution in [-0.4, -0.2) is 42.2 Å². The summed E-state index contributed by atoms with van der Waals surface area (Å²) in [6, 6.07) is 12.0. The highest BCUT2D eigenvalue weighted by atomic mass is 35.5. The molecule has 8 heteroatoms. The van der Waals surface area contributed by atoms with Gasteiger partial charge in [0.15, 0.2) is 5.11 Å². The molecule has 0 radical (unpaired) electrons. The summed E-state index contributed by atoms with van der Waals surface area (Å²) < 4.78 is 5.32. The number of carbonyl (C=O) groups is 1. The highest BCUT2D eigenvalue weighted by Crippen LogP contribution is 2.25. The van der Waals surface area contributed by atoms with E-state index in [4.69, 9.17) is 40.2 Å². The summed E-state index contributed by atoms with van der Waals surface area (Å²) in [5.41, 5.74) is 1.88. The van der Waals surface area contributed by atoms with Crippen LogP contribution in [0.15, 0.2) is 42.5 Å². The van der Waals surface area contributed by atoms with E-state index in [1.165, 1.54) is 0 Å². The fraction of sp³-hybridized carbons (Fsp3) is 0.300. The van der Waals surface area contributed by atoms with Gasteiger partial charge in [-0.1, -0.05) is 37.0 Å². The van der Waals surface area contributed by atoms with Crippen LogP contribution in [0.5, 0.6) is 0 Å². The lowest BCUT2D eigenvalue weighted by molar-refractivity contribution is 0.0466. The third kappa shape index (κ3) is 6.95. The maximum absolute atomic E-state index is 12.1. The molecule has 0 aliphatic carbocycles. The van der Waals surface area contributed by atoms with E-state index in [9.17, 15) is 4.79 Å². The largest absolute Gasteiger partial charge is 0.461 e. The molecule has 0 heterocycles. The van der Waals surface area contributed by atoms with Gasteiger partial charge in [0.1, 0.15) is 6.61 Å². The predicted octanol–water partition coefficient (Wildman–Crippen LogP) is 5.30. The Balaban J connectivity index is 1.86. The van der Waals surface area contributed by atoms with Gasteiger partial charge in [0, 0.05) is 17.3 Å². The first-order valence-corrected chi connectivity index (χ1v) is 10.1. The van der Waals surface area contributed by atoms with E-state index in [0.717, 1.165) is 25.3 Å². The number of esters is 1. The second kappa shape index (κ2) is 11.2. The number of thiocarbonyl (C=S) groups is 1. The zero-order valence-corrected chi connectivity index (χ0v) is 18.1. The number of ether oxygens (including phenoxy) is 1. The van der Waals surface area contributed by atoms with Crippen LogP contribution in [0.4, 0.5) is 11.4 Å². The molecule has 0 saturated heterocycles. The number of nitrogens with zero attached hydrogens (tertiary/aromatic N) is 1. The van der Waals surface area contributed by atoms with Crippen LogP contribution in [0.25, 0.3) is 0 Å². The molecule has 2 N–H and O–H groups in total. The molecule has 0 atom stereocenters. The van der Waals surface area contributed by atoms with Crippen molar-refractivity contribution >= 4 is 57.9 Å². The molecule has 0 aromatic heterocycles. The molecule has 0 aliphatic heterocycles. The molecule has 2 rings (SSSR count). The van der Waals surface area contributed by atoms with Crippen LogP contribution in [-0.2, 0) is 4.74 Å². The van der Waals surface area contributed by atoms with Crippen LogP contribution in [0.2, 0.25) is 10.0 Å². The van der Waals surface area contributed by atoms with Crippen LogP contribution in [0.3, 0.4) is 0 Å². The molecule has 28 heavy (non-hydrogen) atoms. The molecule has 5 nitrogen and oxygen atoms in total. The van der Waals surface area contributed by atoms with Crippen LogP contribution in [0.1, 0.15) is 24.2 Å². The van der Waals surface area contributed by atoms with Crippen molar-refractivity contribution in [3.8, 4) is 0 Å². The van der Waals surface area contributed by atoms with Gasteiger partial charge < -0.3 is 20.3 Å². The number of halogens is 2. The van der Waals surface area contributed by atoms with Gasteiger partial charge in [0.05, 0.1) is 16.3 Å². The van der Waals surface area contributed by atoms with Crippen LogP contribution < -0.4 is 10.6 Å². The van der Waals surface area contributed by atoms with Gasteiger partial charge in [-0.25, -0.2) is 4.79 Å². The molecule has 0 bridgehead atoms. The van der Waals surface area contributed by atoms with E-state index >= 15 is 0 Å². The van der Waals surface area contributed by atoms with Crippen molar-refractivity contribution in [3.05, 3.63) is 58.1 Å². The number of nitrogens with one attached hydrogen (secondary N) is 2. The number of carbonyl (C=O) groups excluding carboxylic acids is 1. The topological polar surface area (TPSA) is 53.6 Å². The maximum Gasteiger partial charge on any atom is 0.338 e. The lowest BCUT2D eigenvalue weighted by Crippen LogP contribution is -2.27. The van der Waals surface area contributed by atoms with Gasteiger partial charge in [-0.05, 0) is 67.8 Å². The lowest BCUT2D eigenvalue weighted by atomic mass is 10.2. The van der Waals surface area contributed by atoms with Crippen LogP contribution >= 0.6 is 35.4 Å². The predicted molar refractivity (Wildman–Crippen MR) is 121 cm³/mol. The van der Waals surface area contributed by atoms with Gasteiger partial charge >= 0.3 is 5.97 Å². The number of benzene rings is 2. The minimum Gasteiger partial charge on any atom is -0.461 e. The molecule has 0 fully saturated rings. The van der Waals surface area contributed by atoms with E-state index in [-0.39, 0.29) is 5.97 Å². The molecule has 0 spiro atoms. The average molecular weight is 440 g/mol. The van der Waals surface area contributed by atoms with Gasteiger partial charge in [0.25, 0.3) is 0 Å². The van der Waals surface area contributed by atoms with Crippen molar-refractivity contribution in [1.82, 2.24) is 4.90 Å². The van der Waals surface area contributed by atoms with Crippen LogP contribution in [0, 0.1) is 0 Å². The Labute approximate surface area is 181 Å². The van der Waals surface area contributed by atoms with Gasteiger partial charge in [-0.2, -0.15) is 0 Å². The Hall–Kier alpha value is -1.86. The molecule has 2 aromatic rings. The van der Waals surface area contributed by atoms with E-state index in [2.05, 4.69) is 29.4 Å². The maximum atomic E-state index is 12.1. The Morgan fingerprint density at radius 2 is 1.75 bits per heavy atom. The second-order valence-electron chi connectivity index (χ2n) is 5.94. The fourth-order valence-corrected chi connectivity index (χ4v) is 3.14. The molecular weight excluding hydrogens is 417 g/mol. The summed E-state index contributed by atoms with van der Waals surface area (Å²) >= 11 is 17.3. The number of hydrogen-bond acceptors (Lipinski definition) is 4. The highest BCUT2D eigenvalue weighted by Gasteiger charge is 2.09. The highest BCUT2D eigenvalue weighted by molar-refractivity contribution is 7.80. The Morgan fingerprint density at radius 3 is 2.36 bits per heavy atom. The zero-order valence-electron chi connectivity index (χ0n) is 15.8. The monoisotopic (exact) mass is 439 g/mol. The van der Waals surface area contributed by atoms with Crippen molar-refractivity contribution in [3.63, 3.8) is 0 Å². The lowest BCUT2D eigenvalue weighted by Gasteiger charge is -2.17. The van der Waals surface area contributed by atoms with E-state index < -0.39 is 0 Å². The number of anilines is 2. The summed E-state index contributed by atoms with van der Waals surface area (Å²) in [5.74, 6) is -0.340. The summed E-state index contributed by atoms with van der Waals surface area (Å²) in [5, 5.41) is 7.44. The minimum atomic E-state index is -0.340. The Bertz CT molecular complexity index is 812. The first-order chi connectivity index (χ1) is 13.4. The van der Waals surface area contributed by atoms with Crippen molar-refractivity contribution in [2.45, 2.75) is 13.8 Å². The second-order valence-corrected chi connectivity index (χ2v) is 7.20. The first-order valence-electron chi connectivity index (χ1n) is 8.95. The summed E-state index contributed by atoms with van der Waals surface area (Å²) in [4.78, 5) is 14.3. The van der Waals surface area contributed by atoms with Gasteiger partial charge in [-0.15, -0.1) is 0 Å². The SMILES string of the molecule is CCN(CC)CCOC(=O)c1ccc(NC(=S)Nc2ccc(Cl)cc2Cl)cc1. The van der Waals surface area contributed by atoms with E-state index in [1.807, 2.05) is 0 Å². The smallest absolute Gasteiger partial charge is 0.338 e. The van der Waals surface area contributed by atoms with E-state index in [1.54, 1.807) is 42.5 Å². The molecule has 150 valence electrons. The third-order valence-electron chi connectivity index (χ3n) is 4.09. The van der Waals surface area contributed by atoms with Crippen molar-refractivity contribution in [1.29, 1.82) is 0 Å². The fourth-order valence-electron chi connectivity index (χ4n) is 2.46. The van der Waals surface area contributed by atoms with Gasteiger partial charge in [0.2, 0.25) is 0 Å². The molecular formula is C20H23Cl2N3O2S. The molecule has 0 unspecified atom stereocenters. The number of rotatable bonds is 8. The first kappa shape index (κ1) is 22.4. The number of hydrogen-bond donors (Lipinski definition) is 2. The quantitative estimate of drug-likeness (QED) is 0.429. The summed E-state index contributed by atoms with van der Waals surface area (Å²) in [6.45, 7) is 7.13. The normalized spacial score (nSPS) is 10.6. The minimum absolute atomic E-state index is 0.340. The molecule has 2 aromatic carbocycles. The Kier molecular flexibility index (Phi) is 8.99. The number of likely N-dealkylation sites (N-methyl/N-ethyl adjacent to an activating group) is 1. The Morgan fingerprint density at radius 1 is 1.07 bits per heavy atom. The summed E-state index contributed by atoms with van der Waals surface area (Å²) in [6.07, 6.45) is 0.